The summed E-state index contributed by atoms with van der Waals surface area (Å²) in [6.07, 6.45) is 7.82. The van der Waals surface area contributed by atoms with Gasteiger partial charge in [-0.2, -0.15) is 0 Å². The highest BCUT2D eigenvalue weighted by Gasteiger charge is 2.72. The zero-order valence-electron chi connectivity index (χ0n) is 24.2. The molecule has 1 spiro atoms. The summed E-state index contributed by atoms with van der Waals surface area (Å²) < 4.78 is 27.1. The van der Waals surface area contributed by atoms with Gasteiger partial charge < -0.3 is 25.0 Å². The van der Waals surface area contributed by atoms with E-state index >= 15 is 0 Å². The fourth-order valence-corrected chi connectivity index (χ4v) is 7.23. The molecule has 1 saturated carbocycles. The Morgan fingerprint density at radius 2 is 1.61 bits per heavy atom. The summed E-state index contributed by atoms with van der Waals surface area (Å²) >= 11 is 0. The second kappa shape index (κ2) is 11.5. The lowest BCUT2D eigenvalue weighted by Crippen LogP contribution is -2.56. The first-order valence-corrected chi connectivity index (χ1v) is 15.3. The largest absolute Gasteiger partial charge is 0.457 e. The average Bonchev–Trinajstić information content (AvgIpc) is 3.68. The van der Waals surface area contributed by atoms with Crippen molar-refractivity contribution in [2.24, 2.45) is 11.8 Å². The van der Waals surface area contributed by atoms with E-state index in [1.54, 1.807) is 54.6 Å². The summed E-state index contributed by atoms with van der Waals surface area (Å²) in [4.78, 5) is 43.4. The lowest BCUT2D eigenvalue weighted by molar-refractivity contribution is -0.142. The number of carbonyl (C=O) groups is 3. The Balaban J connectivity index is 1.14. The standard InChI is InChI=1S/C35H34FN3O5/c36-27-14-8-7-9-22(27)21-39-31(33(41)38-23-10-3-1-4-11-23)35-20-19-28(44-35)29(30(35)34(39)42)32(40)37-24-15-17-26(18-16-24)43-25-12-5-2-6-13-25/h2,5-9,12-20,23,28-31H,1,3-4,10-11,21H2,(H,37,40)(H,38,41)/t28-,29-,30-,31-,35-/m1/s1. The summed E-state index contributed by atoms with van der Waals surface area (Å²) in [5.41, 5.74) is -0.484. The number of benzene rings is 3. The number of carbonyl (C=O) groups excluding carboxylic acids is 3. The van der Waals surface area contributed by atoms with E-state index in [0.29, 0.717) is 22.7 Å². The number of hydrogen-bond donors (Lipinski definition) is 2. The number of nitrogens with zero attached hydrogens (tertiary/aromatic N) is 1. The van der Waals surface area contributed by atoms with Crippen LogP contribution in [0.4, 0.5) is 10.1 Å². The molecule has 3 heterocycles. The fraction of sp³-hybridized carbons (Fsp3) is 0.343. The van der Waals surface area contributed by atoms with Crippen LogP contribution in [-0.2, 0) is 25.7 Å². The highest BCUT2D eigenvalue weighted by Crippen LogP contribution is 2.55. The molecule has 7 rings (SSSR count). The van der Waals surface area contributed by atoms with Crippen LogP contribution in [0, 0.1) is 17.7 Å². The van der Waals surface area contributed by atoms with Crippen LogP contribution in [0.2, 0.25) is 0 Å². The molecule has 3 aromatic rings. The molecule has 2 bridgehead atoms. The van der Waals surface area contributed by atoms with Crippen LogP contribution in [0.5, 0.6) is 11.5 Å². The topological polar surface area (TPSA) is 97.0 Å². The molecule has 3 aliphatic heterocycles. The van der Waals surface area contributed by atoms with Gasteiger partial charge in [0.2, 0.25) is 17.7 Å². The number of para-hydroxylation sites is 1. The van der Waals surface area contributed by atoms with Crippen LogP contribution in [0.25, 0.3) is 0 Å². The van der Waals surface area contributed by atoms with E-state index in [2.05, 4.69) is 10.6 Å². The molecule has 3 aromatic carbocycles. The molecule has 4 aliphatic rings. The molecular formula is C35H34FN3O5. The number of rotatable bonds is 8. The van der Waals surface area contributed by atoms with Gasteiger partial charge in [0, 0.05) is 23.8 Å². The molecule has 1 aliphatic carbocycles. The molecule has 8 nitrogen and oxygen atoms in total. The summed E-state index contributed by atoms with van der Waals surface area (Å²) in [6.45, 7) is -0.106. The summed E-state index contributed by atoms with van der Waals surface area (Å²) in [7, 11) is 0. The van der Waals surface area contributed by atoms with Crippen molar-refractivity contribution in [3.63, 3.8) is 0 Å². The SMILES string of the molecule is O=C(Nc1ccc(Oc2ccccc2)cc1)[C@@H]1[C@H]2C=C[C@@]3(O2)[C@H]1C(=O)N(Cc1ccccc1F)[C@@H]3C(=O)NC1CCCCC1. The Hall–Kier alpha value is -4.50. The second-order valence-corrected chi connectivity index (χ2v) is 12.0. The normalized spacial score (nSPS) is 27.3. The first kappa shape index (κ1) is 28.3. The Kier molecular flexibility index (Phi) is 7.42. The van der Waals surface area contributed by atoms with E-state index in [-0.39, 0.29) is 24.4 Å². The summed E-state index contributed by atoms with van der Waals surface area (Å²) in [5.74, 6) is -2.04. The number of likely N-dealkylation sites (tertiary alicyclic amines) is 1. The van der Waals surface area contributed by atoms with Crippen LogP contribution in [0.15, 0.2) is 91.0 Å². The third-order valence-corrected chi connectivity index (χ3v) is 9.28. The van der Waals surface area contributed by atoms with Crippen LogP contribution < -0.4 is 15.4 Å². The molecule has 9 heteroatoms. The van der Waals surface area contributed by atoms with Crippen LogP contribution in [-0.4, -0.2) is 46.4 Å². The molecule has 2 saturated heterocycles. The van der Waals surface area contributed by atoms with Crippen molar-refractivity contribution in [3.05, 3.63) is 102 Å². The predicted octanol–water partition coefficient (Wildman–Crippen LogP) is 5.36. The minimum atomic E-state index is -1.32. The highest BCUT2D eigenvalue weighted by atomic mass is 19.1. The van der Waals surface area contributed by atoms with Crippen molar-refractivity contribution in [3.8, 4) is 11.5 Å². The van der Waals surface area contributed by atoms with Crippen molar-refractivity contribution in [1.82, 2.24) is 10.2 Å². The number of amides is 3. The minimum Gasteiger partial charge on any atom is -0.457 e. The van der Waals surface area contributed by atoms with Crippen molar-refractivity contribution in [2.75, 3.05) is 5.32 Å². The number of ether oxygens (including phenoxy) is 2. The van der Waals surface area contributed by atoms with E-state index in [1.165, 1.54) is 11.0 Å². The zero-order chi connectivity index (χ0) is 30.3. The van der Waals surface area contributed by atoms with Gasteiger partial charge in [-0.3, -0.25) is 14.4 Å². The molecule has 0 aromatic heterocycles. The van der Waals surface area contributed by atoms with Gasteiger partial charge in [0.25, 0.3) is 0 Å². The molecule has 0 radical (unpaired) electrons. The zero-order valence-corrected chi connectivity index (χ0v) is 24.2. The number of hydrogen-bond acceptors (Lipinski definition) is 5. The lowest BCUT2D eigenvalue weighted by atomic mass is 9.74. The Morgan fingerprint density at radius 1 is 0.909 bits per heavy atom. The van der Waals surface area contributed by atoms with Crippen molar-refractivity contribution in [1.29, 1.82) is 0 Å². The third-order valence-electron chi connectivity index (χ3n) is 9.28. The Morgan fingerprint density at radius 3 is 2.36 bits per heavy atom. The maximum Gasteiger partial charge on any atom is 0.246 e. The highest BCUT2D eigenvalue weighted by molar-refractivity contribution is 6.02. The van der Waals surface area contributed by atoms with Gasteiger partial charge in [-0.05, 0) is 55.3 Å². The van der Waals surface area contributed by atoms with Crippen molar-refractivity contribution < 1.29 is 28.2 Å². The monoisotopic (exact) mass is 595 g/mol. The summed E-state index contributed by atoms with van der Waals surface area (Å²) in [5, 5.41) is 6.09. The lowest BCUT2D eigenvalue weighted by Gasteiger charge is -2.34. The van der Waals surface area contributed by atoms with E-state index < -0.39 is 41.3 Å². The second-order valence-electron chi connectivity index (χ2n) is 12.0. The van der Waals surface area contributed by atoms with E-state index in [4.69, 9.17) is 9.47 Å². The molecule has 5 atom stereocenters. The predicted molar refractivity (Wildman–Crippen MR) is 161 cm³/mol. The van der Waals surface area contributed by atoms with Crippen LogP contribution in [0.1, 0.15) is 37.7 Å². The van der Waals surface area contributed by atoms with Crippen LogP contribution in [0.3, 0.4) is 0 Å². The molecule has 44 heavy (non-hydrogen) atoms. The number of nitrogens with one attached hydrogen (secondary N) is 2. The van der Waals surface area contributed by atoms with E-state index in [9.17, 15) is 18.8 Å². The Labute approximate surface area is 255 Å². The number of halogens is 1. The quantitative estimate of drug-likeness (QED) is 0.342. The molecule has 2 N–H and O–H groups in total. The van der Waals surface area contributed by atoms with Gasteiger partial charge in [0.15, 0.2) is 0 Å². The van der Waals surface area contributed by atoms with Crippen molar-refractivity contribution in [2.45, 2.75) is 62.4 Å². The molecule has 0 unspecified atom stereocenters. The van der Waals surface area contributed by atoms with E-state index in [0.717, 1.165) is 32.1 Å². The molecular weight excluding hydrogens is 561 g/mol. The van der Waals surface area contributed by atoms with Gasteiger partial charge in [-0.25, -0.2) is 4.39 Å². The van der Waals surface area contributed by atoms with Gasteiger partial charge in [0.1, 0.15) is 29.0 Å². The molecule has 226 valence electrons. The van der Waals surface area contributed by atoms with Gasteiger partial charge in [-0.15, -0.1) is 0 Å². The van der Waals surface area contributed by atoms with E-state index in [1.807, 2.05) is 30.3 Å². The smallest absolute Gasteiger partial charge is 0.246 e. The third kappa shape index (κ3) is 5.05. The number of fused-ring (bicyclic) bond motifs is 1. The first-order chi connectivity index (χ1) is 21.4. The Bertz CT molecular complexity index is 1590. The number of anilines is 1. The first-order valence-electron chi connectivity index (χ1n) is 15.3. The molecule has 3 fully saturated rings. The van der Waals surface area contributed by atoms with Crippen LogP contribution >= 0.6 is 0 Å². The maximum atomic E-state index is 14.8. The fourth-order valence-electron chi connectivity index (χ4n) is 7.23. The van der Waals surface area contributed by atoms with Gasteiger partial charge in [-0.1, -0.05) is 67.8 Å². The molecule has 3 amide bonds. The average molecular weight is 596 g/mol. The maximum absolute atomic E-state index is 14.8. The van der Waals surface area contributed by atoms with Gasteiger partial charge in [0.05, 0.1) is 17.9 Å². The summed E-state index contributed by atoms with van der Waals surface area (Å²) in [6, 6.07) is 21.5. The van der Waals surface area contributed by atoms with Gasteiger partial charge >= 0.3 is 0 Å². The minimum absolute atomic E-state index is 0.00707. The van der Waals surface area contributed by atoms with Crippen molar-refractivity contribution >= 4 is 23.4 Å².